The first-order valence-corrected chi connectivity index (χ1v) is 6.25. The van der Waals surface area contributed by atoms with Crippen LogP contribution in [0.3, 0.4) is 0 Å². The Labute approximate surface area is 111 Å². The van der Waals surface area contributed by atoms with Gasteiger partial charge in [-0.25, -0.2) is 0 Å². The quantitative estimate of drug-likeness (QED) is 0.750. The highest BCUT2D eigenvalue weighted by atomic mass is 16.2. The lowest BCUT2D eigenvalue weighted by Crippen LogP contribution is -2.45. The highest BCUT2D eigenvalue weighted by Crippen LogP contribution is 2.19. The van der Waals surface area contributed by atoms with E-state index in [9.17, 15) is 9.59 Å². The van der Waals surface area contributed by atoms with Crippen molar-refractivity contribution in [2.24, 2.45) is 5.73 Å². The molecule has 1 aromatic heterocycles. The van der Waals surface area contributed by atoms with Crippen molar-refractivity contribution in [3.63, 3.8) is 0 Å². The van der Waals surface area contributed by atoms with Crippen LogP contribution in [0.1, 0.15) is 18.9 Å². The van der Waals surface area contributed by atoms with Crippen LogP contribution < -0.4 is 11.1 Å². The molecule has 1 heterocycles. The van der Waals surface area contributed by atoms with E-state index in [2.05, 4.69) is 10.3 Å². The summed E-state index contributed by atoms with van der Waals surface area (Å²) in [4.78, 5) is 25.9. The molecule has 2 aromatic rings. The molecule has 2 amide bonds. The molecule has 0 radical (unpaired) electrons. The molecule has 0 fully saturated rings. The van der Waals surface area contributed by atoms with Gasteiger partial charge in [0.1, 0.15) is 6.04 Å². The summed E-state index contributed by atoms with van der Waals surface area (Å²) in [5.74, 6) is -0.698. The van der Waals surface area contributed by atoms with E-state index in [1.54, 1.807) is 6.92 Å². The van der Waals surface area contributed by atoms with Gasteiger partial charge in [-0.1, -0.05) is 25.1 Å². The van der Waals surface area contributed by atoms with E-state index >= 15 is 0 Å². The van der Waals surface area contributed by atoms with E-state index < -0.39 is 11.9 Å². The zero-order chi connectivity index (χ0) is 13.8. The second kappa shape index (κ2) is 5.56. The predicted octanol–water partition coefficient (Wildman–Crippen LogP) is 1.09. The van der Waals surface area contributed by atoms with Gasteiger partial charge in [-0.2, -0.15) is 0 Å². The van der Waals surface area contributed by atoms with E-state index in [0.717, 1.165) is 16.5 Å². The molecule has 5 heteroatoms. The second-order valence-corrected chi connectivity index (χ2v) is 4.44. The fourth-order valence-corrected chi connectivity index (χ4v) is 2.04. The maximum Gasteiger partial charge on any atom is 0.240 e. The first-order chi connectivity index (χ1) is 9.11. The molecule has 5 nitrogen and oxygen atoms in total. The first kappa shape index (κ1) is 13.1. The Bertz CT molecular complexity index is 604. The highest BCUT2D eigenvalue weighted by molar-refractivity contribution is 5.88. The molecule has 0 saturated heterocycles. The van der Waals surface area contributed by atoms with Gasteiger partial charge in [-0.15, -0.1) is 0 Å². The van der Waals surface area contributed by atoms with Gasteiger partial charge in [0.05, 0.1) is 0 Å². The van der Waals surface area contributed by atoms with Gasteiger partial charge >= 0.3 is 0 Å². The summed E-state index contributed by atoms with van der Waals surface area (Å²) in [6.07, 6.45) is 2.57. The molecule has 0 aliphatic carbocycles. The molecule has 19 heavy (non-hydrogen) atoms. The number of hydrogen-bond acceptors (Lipinski definition) is 2. The smallest absolute Gasteiger partial charge is 0.240 e. The molecule has 0 saturated carbocycles. The largest absolute Gasteiger partial charge is 0.368 e. The third kappa shape index (κ3) is 2.93. The Morgan fingerprint density at radius 3 is 2.79 bits per heavy atom. The number of H-pyrrole nitrogens is 1. The van der Waals surface area contributed by atoms with Gasteiger partial charge < -0.3 is 16.0 Å². The highest BCUT2D eigenvalue weighted by Gasteiger charge is 2.19. The lowest BCUT2D eigenvalue weighted by Gasteiger charge is -2.14. The van der Waals surface area contributed by atoms with Crippen molar-refractivity contribution in [1.29, 1.82) is 0 Å². The van der Waals surface area contributed by atoms with Crippen LogP contribution in [0.2, 0.25) is 0 Å². The van der Waals surface area contributed by atoms with Crippen molar-refractivity contribution in [1.82, 2.24) is 10.3 Å². The van der Waals surface area contributed by atoms with Gasteiger partial charge in [-0.3, -0.25) is 9.59 Å². The SMILES string of the molecule is CCC(=O)N[C@@H](Cc1c[nH]c2ccccc12)C(N)=O. The molecule has 1 atom stereocenters. The van der Waals surface area contributed by atoms with Gasteiger partial charge in [-0.05, 0) is 11.6 Å². The monoisotopic (exact) mass is 259 g/mol. The summed E-state index contributed by atoms with van der Waals surface area (Å²) in [6, 6.07) is 7.13. The Morgan fingerprint density at radius 2 is 2.11 bits per heavy atom. The number of carbonyl (C=O) groups excluding carboxylic acids is 2. The molecule has 0 unspecified atom stereocenters. The van der Waals surface area contributed by atoms with Crippen LogP contribution in [0, 0.1) is 0 Å². The third-order valence-corrected chi connectivity index (χ3v) is 3.10. The molecule has 2 rings (SSSR count). The van der Waals surface area contributed by atoms with Crippen LogP contribution in [0.15, 0.2) is 30.5 Å². The molecule has 0 bridgehead atoms. The summed E-state index contributed by atoms with van der Waals surface area (Å²) in [6.45, 7) is 1.74. The van der Waals surface area contributed by atoms with E-state index in [1.807, 2.05) is 30.5 Å². The van der Waals surface area contributed by atoms with Crippen LogP contribution in [0.25, 0.3) is 10.9 Å². The number of nitrogens with one attached hydrogen (secondary N) is 2. The summed E-state index contributed by atoms with van der Waals surface area (Å²) in [5, 5.41) is 3.68. The van der Waals surface area contributed by atoms with Gasteiger partial charge in [0.15, 0.2) is 0 Å². The predicted molar refractivity (Wildman–Crippen MR) is 73.4 cm³/mol. The average Bonchev–Trinajstić information content (AvgIpc) is 2.81. The first-order valence-electron chi connectivity index (χ1n) is 6.25. The fraction of sp³-hybridized carbons (Fsp3) is 0.286. The van der Waals surface area contributed by atoms with Gasteiger partial charge in [0, 0.05) is 29.9 Å². The molecule has 100 valence electrons. The Balaban J connectivity index is 2.21. The van der Waals surface area contributed by atoms with Crippen molar-refractivity contribution in [2.75, 3.05) is 0 Å². The summed E-state index contributed by atoms with van der Waals surface area (Å²) in [5.41, 5.74) is 7.31. The zero-order valence-electron chi connectivity index (χ0n) is 10.8. The zero-order valence-corrected chi connectivity index (χ0v) is 10.8. The van der Waals surface area contributed by atoms with E-state index in [-0.39, 0.29) is 5.91 Å². The topological polar surface area (TPSA) is 88.0 Å². The minimum Gasteiger partial charge on any atom is -0.368 e. The number of aromatic amines is 1. The number of carbonyl (C=O) groups is 2. The number of rotatable bonds is 5. The number of primary amides is 1. The van der Waals surface area contributed by atoms with Crippen molar-refractivity contribution >= 4 is 22.7 Å². The number of para-hydroxylation sites is 1. The van der Waals surface area contributed by atoms with Crippen LogP contribution in [0.5, 0.6) is 0 Å². The molecule has 0 aliphatic rings. The van der Waals surface area contributed by atoms with Crippen LogP contribution >= 0.6 is 0 Å². The minimum atomic E-state index is -0.674. The number of aromatic nitrogens is 1. The van der Waals surface area contributed by atoms with Crippen molar-refractivity contribution in [2.45, 2.75) is 25.8 Å². The fourth-order valence-electron chi connectivity index (χ4n) is 2.04. The minimum absolute atomic E-state index is 0.177. The lowest BCUT2D eigenvalue weighted by molar-refractivity contribution is -0.127. The Morgan fingerprint density at radius 1 is 1.37 bits per heavy atom. The third-order valence-electron chi connectivity index (χ3n) is 3.10. The molecule has 1 aromatic carbocycles. The summed E-state index contributed by atoms with van der Waals surface area (Å²) < 4.78 is 0. The standard InChI is InChI=1S/C14H17N3O2/c1-2-13(18)17-12(14(15)19)7-9-8-16-11-6-4-3-5-10(9)11/h3-6,8,12,16H,2,7H2,1H3,(H2,15,19)(H,17,18)/t12-/m0/s1. The van der Waals surface area contributed by atoms with Gasteiger partial charge in [0.2, 0.25) is 11.8 Å². The number of benzene rings is 1. The number of amides is 2. The maximum atomic E-state index is 11.4. The summed E-state index contributed by atoms with van der Waals surface area (Å²) in [7, 11) is 0. The van der Waals surface area contributed by atoms with Gasteiger partial charge in [0.25, 0.3) is 0 Å². The Kier molecular flexibility index (Phi) is 3.85. The van der Waals surface area contributed by atoms with Crippen molar-refractivity contribution in [3.05, 3.63) is 36.0 Å². The maximum absolute atomic E-state index is 11.4. The second-order valence-electron chi connectivity index (χ2n) is 4.44. The molecule has 0 aliphatic heterocycles. The normalized spacial score (nSPS) is 12.3. The number of hydrogen-bond donors (Lipinski definition) is 3. The van der Waals surface area contributed by atoms with Crippen molar-refractivity contribution in [3.8, 4) is 0 Å². The van der Waals surface area contributed by atoms with E-state index in [4.69, 9.17) is 5.73 Å². The van der Waals surface area contributed by atoms with Crippen LogP contribution in [0.4, 0.5) is 0 Å². The van der Waals surface area contributed by atoms with E-state index in [0.29, 0.717) is 12.8 Å². The summed E-state index contributed by atoms with van der Waals surface area (Å²) >= 11 is 0. The molecular formula is C14H17N3O2. The number of fused-ring (bicyclic) bond motifs is 1. The molecule has 4 N–H and O–H groups in total. The van der Waals surface area contributed by atoms with Crippen molar-refractivity contribution < 1.29 is 9.59 Å². The molecular weight excluding hydrogens is 242 g/mol. The average molecular weight is 259 g/mol. The van der Waals surface area contributed by atoms with E-state index in [1.165, 1.54) is 0 Å². The van der Waals surface area contributed by atoms with Crippen LogP contribution in [-0.2, 0) is 16.0 Å². The lowest BCUT2D eigenvalue weighted by atomic mass is 10.0. The molecule has 0 spiro atoms. The number of nitrogens with two attached hydrogens (primary N) is 1. The van der Waals surface area contributed by atoms with Crippen LogP contribution in [-0.4, -0.2) is 22.8 Å². The Hall–Kier alpha value is -2.30.